The van der Waals surface area contributed by atoms with Gasteiger partial charge in [0.05, 0.1) is 42.3 Å². The summed E-state index contributed by atoms with van der Waals surface area (Å²) < 4.78 is 10.2. The van der Waals surface area contributed by atoms with Crippen LogP contribution in [0.25, 0.3) is 0 Å². The first-order chi connectivity index (χ1) is 17.9. The van der Waals surface area contributed by atoms with Crippen LogP contribution in [0.2, 0.25) is 0 Å². The number of carbonyl (C=O) groups excluding carboxylic acids is 2. The van der Waals surface area contributed by atoms with Crippen LogP contribution in [0, 0.1) is 5.92 Å². The summed E-state index contributed by atoms with van der Waals surface area (Å²) in [7, 11) is 0. The van der Waals surface area contributed by atoms with Crippen molar-refractivity contribution in [3.63, 3.8) is 0 Å². The van der Waals surface area contributed by atoms with Crippen LogP contribution in [0.4, 0.5) is 0 Å². The van der Waals surface area contributed by atoms with Gasteiger partial charge < -0.3 is 46.3 Å². The molecule has 1 atom stereocenters. The lowest BCUT2D eigenvalue weighted by molar-refractivity contribution is -0.131. The van der Waals surface area contributed by atoms with Crippen molar-refractivity contribution in [3.05, 3.63) is 0 Å². The Balaban J connectivity index is 4.56. The maximum absolute atomic E-state index is 12.1. The maximum atomic E-state index is 12.1. The number of carbonyl (C=O) groups is 2. The van der Waals surface area contributed by atoms with Gasteiger partial charge in [-0.3, -0.25) is 9.59 Å². The zero-order chi connectivity index (χ0) is 29.0. The molecule has 0 heterocycles. The summed E-state index contributed by atoms with van der Waals surface area (Å²) in [6, 6.07) is 0. The van der Waals surface area contributed by atoms with E-state index in [4.69, 9.17) is 25.0 Å². The largest absolute Gasteiger partial charge is 0.411 e. The molecule has 2 amide bonds. The van der Waals surface area contributed by atoms with Crippen LogP contribution in [0.1, 0.15) is 60.8 Å². The van der Waals surface area contributed by atoms with Crippen LogP contribution in [0.3, 0.4) is 0 Å². The van der Waals surface area contributed by atoms with Crippen LogP contribution >= 0.6 is 0 Å². The van der Waals surface area contributed by atoms with E-state index in [0.29, 0.717) is 37.6 Å². The molecule has 0 aliphatic heterocycles. The third kappa shape index (κ3) is 16.5. The van der Waals surface area contributed by atoms with Gasteiger partial charge in [-0.2, -0.15) is 0 Å². The van der Waals surface area contributed by atoms with E-state index >= 15 is 0 Å². The molecule has 1 unspecified atom stereocenters. The highest BCUT2D eigenvalue weighted by Gasteiger charge is 2.23. The van der Waals surface area contributed by atoms with Crippen molar-refractivity contribution < 1.29 is 34.6 Å². The van der Waals surface area contributed by atoms with Gasteiger partial charge in [-0.25, -0.2) is 0 Å². The Bertz CT molecular complexity index is 708. The molecule has 0 fully saturated rings. The summed E-state index contributed by atoms with van der Waals surface area (Å²) in [5.41, 5.74) is 0.288. The van der Waals surface area contributed by atoms with Gasteiger partial charge in [-0.1, -0.05) is 10.3 Å². The monoisotopic (exact) mass is 546 g/mol. The molecule has 0 radical (unpaired) electrons. The van der Waals surface area contributed by atoms with E-state index < -0.39 is 11.1 Å². The molecule has 0 saturated carbocycles. The number of ether oxygens (including phenoxy) is 2. The minimum Gasteiger partial charge on any atom is -0.411 e. The molecule has 0 aromatic carbocycles. The molecule has 0 aromatic heterocycles. The van der Waals surface area contributed by atoms with Crippen molar-refractivity contribution in [2.75, 3.05) is 59.2 Å². The second kappa shape index (κ2) is 19.7. The van der Waals surface area contributed by atoms with Crippen molar-refractivity contribution in [3.8, 4) is 0 Å². The lowest BCUT2D eigenvalue weighted by Crippen LogP contribution is -2.47. The lowest BCUT2D eigenvalue weighted by atomic mass is 9.94. The molecule has 0 aromatic rings. The number of nitrogens with one attached hydrogen (secondary N) is 4. The first-order valence-corrected chi connectivity index (χ1v) is 13.1. The normalized spacial score (nSPS) is 13.9. The zero-order valence-corrected chi connectivity index (χ0v) is 23.9. The van der Waals surface area contributed by atoms with Crippen LogP contribution in [0.5, 0.6) is 0 Å². The number of aliphatic hydroxyl groups excluding tert-OH is 1. The van der Waals surface area contributed by atoms with E-state index in [1.165, 1.54) is 0 Å². The smallest absolute Gasteiger partial charge is 0.246 e. The van der Waals surface area contributed by atoms with Crippen molar-refractivity contribution in [1.29, 1.82) is 0 Å². The molecule has 7 N–H and O–H groups in total. The average molecular weight is 547 g/mol. The minimum atomic E-state index is -0.446. The predicted molar refractivity (Wildman–Crippen MR) is 146 cm³/mol. The highest BCUT2D eigenvalue weighted by Crippen LogP contribution is 2.15. The van der Waals surface area contributed by atoms with Crippen molar-refractivity contribution in [2.45, 2.75) is 71.9 Å². The molecular weight excluding hydrogens is 496 g/mol. The van der Waals surface area contributed by atoms with Crippen LogP contribution in [-0.4, -0.2) is 109 Å². The Labute approximate surface area is 226 Å². The van der Waals surface area contributed by atoms with Gasteiger partial charge in [0, 0.05) is 13.1 Å². The van der Waals surface area contributed by atoms with Gasteiger partial charge in [0.15, 0.2) is 0 Å². The fraction of sp³-hybridized carbons (Fsp3) is 0.840. The topological polar surface area (TPSA) is 186 Å². The Morgan fingerprint density at radius 2 is 1.18 bits per heavy atom. The number of oxime groups is 2. The molecule has 0 bridgehead atoms. The fourth-order valence-corrected chi connectivity index (χ4v) is 3.30. The minimum absolute atomic E-state index is 0.0731. The maximum Gasteiger partial charge on any atom is 0.246 e. The van der Waals surface area contributed by atoms with Gasteiger partial charge in [0.1, 0.15) is 13.2 Å². The molecule has 0 spiro atoms. The summed E-state index contributed by atoms with van der Waals surface area (Å²) in [5, 5.41) is 45.7. The Hall–Kier alpha value is -2.32. The number of rotatable bonds is 22. The SMILES string of the molecule is C/C(=N/O)C(C)(C)NCCC(CCNC(=O)COCC(=O)NCCOCCO)CCNC(C)(C)/C(C)=N/O. The number of aliphatic hydroxyl groups is 1. The van der Waals surface area contributed by atoms with Crippen LogP contribution in [0.15, 0.2) is 10.3 Å². The van der Waals surface area contributed by atoms with E-state index in [1.807, 2.05) is 27.7 Å². The predicted octanol–water partition coefficient (Wildman–Crippen LogP) is 0.467. The van der Waals surface area contributed by atoms with Crippen LogP contribution < -0.4 is 21.3 Å². The number of nitrogens with zero attached hydrogens (tertiary/aromatic N) is 2. The van der Waals surface area contributed by atoms with Gasteiger partial charge in [-0.15, -0.1) is 0 Å². The molecule has 222 valence electrons. The van der Waals surface area contributed by atoms with Crippen molar-refractivity contribution in [2.24, 2.45) is 16.2 Å². The first-order valence-electron chi connectivity index (χ1n) is 13.1. The lowest BCUT2D eigenvalue weighted by Gasteiger charge is -2.28. The van der Waals surface area contributed by atoms with E-state index in [2.05, 4.69) is 31.6 Å². The zero-order valence-electron chi connectivity index (χ0n) is 23.9. The van der Waals surface area contributed by atoms with Crippen molar-refractivity contribution >= 4 is 23.2 Å². The molecule has 38 heavy (non-hydrogen) atoms. The van der Waals surface area contributed by atoms with Gasteiger partial charge in [0.2, 0.25) is 11.8 Å². The van der Waals surface area contributed by atoms with E-state index in [-0.39, 0.29) is 50.8 Å². The van der Waals surface area contributed by atoms with Gasteiger partial charge in [-0.05, 0) is 79.8 Å². The molecule has 0 rings (SSSR count). The summed E-state index contributed by atoms with van der Waals surface area (Å²) in [5.74, 6) is -0.371. The fourth-order valence-electron chi connectivity index (χ4n) is 3.30. The quantitative estimate of drug-likeness (QED) is 0.0438. The molecule has 13 nitrogen and oxygen atoms in total. The van der Waals surface area contributed by atoms with E-state index in [0.717, 1.165) is 19.3 Å². The average Bonchev–Trinajstić information content (AvgIpc) is 2.86. The third-order valence-corrected chi connectivity index (χ3v) is 6.49. The van der Waals surface area contributed by atoms with Gasteiger partial charge >= 0.3 is 0 Å². The van der Waals surface area contributed by atoms with Crippen molar-refractivity contribution in [1.82, 2.24) is 21.3 Å². The second-order valence-corrected chi connectivity index (χ2v) is 10.2. The molecular formula is C25H50N6O7. The highest BCUT2D eigenvalue weighted by atomic mass is 16.5. The Morgan fingerprint density at radius 3 is 1.63 bits per heavy atom. The molecule has 0 aliphatic rings. The number of hydrogen-bond donors (Lipinski definition) is 7. The molecule has 0 aliphatic carbocycles. The first kappa shape index (κ1) is 35.7. The summed E-state index contributed by atoms with van der Waals surface area (Å²) in [6.07, 6.45) is 2.42. The Morgan fingerprint density at radius 1 is 0.737 bits per heavy atom. The summed E-state index contributed by atoms with van der Waals surface area (Å²) in [4.78, 5) is 23.8. The Kier molecular flexibility index (Phi) is 18.5. The second-order valence-electron chi connectivity index (χ2n) is 10.2. The van der Waals surface area contributed by atoms with Gasteiger partial charge in [0.25, 0.3) is 0 Å². The molecule has 13 heteroatoms. The number of hydrogen-bond acceptors (Lipinski definition) is 11. The third-order valence-electron chi connectivity index (χ3n) is 6.49. The van der Waals surface area contributed by atoms with E-state index in [9.17, 15) is 9.59 Å². The van der Waals surface area contributed by atoms with Crippen LogP contribution in [-0.2, 0) is 19.1 Å². The highest BCUT2D eigenvalue weighted by molar-refractivity contribution is 5.90. The standard InChI is InChI=1S/C25H50N6O7/c1-19(30-35)24(3,4)28-11-8-21(9-12-29-25(5,6)20(2)31-36)7-10-26-22(33)17-38-18-23(34)27-13-15-37-16-14-32/h21,28-29,32,35-36H,7-18H2,1-6H3,(H,26,33)(H,27,34)/b30-19-,31-20+. The number of amides is 2. The van der Waals surface area contributed by atoms with E-state index in [1.54, 1.807) is 13.8 Å². The molecule has 0 saturated heterocycles. The summed E-state index contributed by atoms with van der Waals surface area (Å²) in [6.45, 7) is 13.4. The summed E-state index contributed by atoms with van der Waals surface area (Å²) >= 11 is 0.